The van der Waals surface area contributed by atoms with E-state index in [-0.39, 0.29) is 23.9 Å². The van der Waals surface area contributed by atoms with Crippen LogP contribution in [0.2, 0.25) is 0 Å². The van der Waals surface area contributed by atoms with Gasteiger partial charge in [0.15, 0.2) is 0 Å². The molecule has 160 valence electrons. The summed E-state index contributed by atoms with van der Waals surface area (Å²) in [5.41, 5.74) is 3.19. The van der Waals surface area contributed by atoms with Gasteiger partial charge in [-0.25, -0.2) is 4.79 Å². The lowest BCUT2D eigenvalue weighted by molar-refractivity contribution is -0.126. The van der Waals surface area contributed by atoms with E-state index in [1.807, 2.05) is 37.3 Å². The average molecular weight is 408 g/mol. The zero-order valence-electron chi connectivity index (χ0n) is 18.2. The normalized spacial score (nSPS) is 17.5. The van der Waals surface area contributed by atoms with Crippen LogP contribution in [-0.4, -0.2) is 29.9 Å². The standard InChI is InChI=1S/C25H33N3O2/c1-18(2)16-20-11-13-21(14-12-20)19(3)26-24(29)22-8-7-15-28(17-22)25(30)27-23-9-5-4-6-10-23/h4-6,9-14,18-19,22H,7-8,15-17H2,1-3H3,(H,26,29)(H,27,30)/t19-,22+/m1/s1. The number of hydrogen-bond acceptors (Lipinski definition) is 2. The van der Waals surface area contributed by atoms with Gasteiger partial charge >= 0.3 is 6.03 Å². The number of carbonyl (C=O) groups is 2. The van der Waals surface area contributed by atoms with Crippen LogP contribution in [0.5, 0.6) is 0 Å². The number of piperidine rings is 1. The Bertz CT molecular complexity index is 833. The van der Waals surface area contributed by atoms with E-state index in [4.69, 9.17) is 0 Å². The molecule has 1 fully saturated rings. The topological polar surface area (TPSA) is 61.4 Å². The number of anilines is 1. The zero-order chi connectivity index (χ0) is 21.5. The van der Waals surface area contributed by atoms with Crippen molar-refractivity contribution in [2.75, 3.05) is 18.4 Å². The molecular weight excluding hydrogens is 374 g/mol. The van der Waals surface area contributed by atoms with Gasteiger partial charge in [0.05, 0.1) is 12.0 Å². The van der Waals surface area contributed by atoms with Crippen LogP contribution < -0.4 is 10.6 Å². The van der Waals surface area contributed by atoms with Gasteiger partial charge in [-0.05, 0) is 55.4 Å². The van der Waals surface area contributed by atoms with E-state index in [1.54, 1.807) is 4.90 Å². The van der Waals surface area contributed by atoms with Gasteiger partial charge < -0.3 is 15.5 Å². The summed E-state index contributed by atoms with van der Waals surface area (Å²) in [6.45, 7) is 7.56. The number of hydrogen-bond donors (Lipinski definition) is 2. The third-order valence-corrected chi connectivity index (χ3v) is 5.59. The Morgan fingerprint density at radius 3 is 2.40 bits per heavy atom. The smallest absolute Gasteiger partial charge is 0.321 e. The van der Waals surface area contributed by atoms with Crippen LogP contribution in [0.3, 0.4) is 0 Å². The molecule has 0 aliphatic carbocycles. The predicted octanol–water partition coefficient (Wildman–Crippen LogP) is 5.01. The highest BCUT2D eigenvalue weighted by Crippen LogP contribution is 2.21. The number of nitrogens with one attached hydrogen (secondary N) is 2. The fraction of sp³-hybridized carbons (Fsp3) is 0.440. The SMILES string of the molecule is CC(C)Cc1ccc([C@@H](C)NC(=O)[C@H]2CCCN(C(=O)Nc3ccccc3)C2)cc1. The minimum Gasteiger partial charge on any atom is -0.349 e. The molecule has 0 aromatic heterocycles. The van der Waals surface area contributed by atoms with Gasteiger partial charge in [0.25, 0.3) is 0 Å². The van der Waals surface area contributed by atoms with E-state index >= 15 is 0 Å². The maximum atomic E-state index is 12.9. The van der Waals surface area contributed by atoms with E-state index in [9.17, 15) is 9.59 Å². The van der Waals surface area contributed by atoms with Crippen LogP contribution in [0.15, 0.2) is 54.6 Å². The maximum Gasteiger partial charge on any atom is 0.321 e. The lowest BCUT2D eigenvalue weighted by Gasteiger charge is -2.32. The minimum absolute atomic E-state index is 0.0194. The van der Waals surface area contributed by atoms with Gasteiger partial charge in [-0.3, -0.25) is 4.79 Å². The third kappa shape index (κ3) is 6.09. The van der Waals surface area contributed by atoms with Crippen molar-refractivity contribution >= 4 is 17.6 Å². The van der Waals surface area contributed by atoms with Crippen LogP contribution in [0.1, 0.15) is 50.8 Å². The molecule has 1 saturated heterocycles. The molecule has 2 aromatic rings. The second-order valence-electron chi connectivity index (χ2n) is 8.65. The number of amides is 3. The van der Waals surface area contributed by atoms with Gasteiger partial charge in [-0.2, -0.15) is 0 Å². The summed E-state index contributed by atoms with van der Waals surface area (Å²) in [6.07, 6.45) is 2.70. The molecule has 2 aromatic carbocycles. The van der Waals surface area contributed by atoms with Crippen molar-refractivity contribution in [2.24, 2.45) is 11.8 Å². The highest BCUT2D eigenvalue weighted by atomic mass is 16.2. The molecule has 3 amide bonds. The highest BCUT2D eigenvalue weighted by molar-refractivity contribution is 5.90. The molecule has 5 heteroatoms. The van der Waals surface area contributed by atoms with Crippen molar-refractivity contribution in [3.63, 3.8) is 0 Å². The molecule has 0 bridgehead atoms. The molecule has 1 heterocycles. The molecule has 5 nitrogen and oxygen atoms in total. The Kier molecular flexibility index (Phi) is 7.50. The van der Waals surface area contributed by atoms with Crippen LogP contribution in [-0.2, 0) is 11.2 Å². The lowest BCUT2D eigenvalue weighted by atomic mass is 9.96. The van der Waals surface area contributed by atoms with E-state index in [1.165, 1.54) is 5.56 Å². The lowest BCUT2D eigenvalue weighted by Crippen LogP contribution is -2.47. The van der Waals surface area contributed by atoms with Gasteiger partial charge in [0, 0.05) is 18.8 Å². The first kappa shape index (κ1) is 21.9. The van der Waals surface area contributed by atoms with Crippen LogP contribution >= 0.6 is 0 Å². The first-order chi connectivity index (χ1) is 14.4. The van der Waals surface area contributed by atoms with Crippen molar-refractivity contribution in [2.45, 2.75) is 46.1 Å². The molecule has 0 saturated carbocycles. The molecule has 0 unspecified atom stereocenters. The Hall–Kier alpha value is -2.82. The summed E-state index contributed by atoms with van der Waals surface area (Å²) in [5, 5.41) is 6.05. The molecule has 3 rings (SSSR count). The van der Waals surface area contributed by atoms with Gasteiger partial charge in [-0.1, -0.05) is 56.3 Å². The largest absolute Gasteiger partial charge is 0.349 e. The quantitative estimate of drug-likeness (QED) is 0.707. The summed E-state index contributed by atoms with van der Waals surface area (Å²) in [7, 11) is 0. The van der Waals surface area contributed by atoms with E-state index < -0.39 is 0 Å². The minimum atomic E-state index is -0.178. The summed E-state index contributed by atoms with van der Waals surface area (Å²) >= 11 is 0. The van der Waals surface area contributed by atoms with E-state index in [0.29, 0.717) is 19.0 Å². The molecule has 0 radical (unpaired) electrons. The fourth-order valence-electron chi connectivity index (χ4n) is 3.93. The summed E-state index contributed by atoms with van der Waals surface area (Å²) < 4.78 is 0. The third-order valence-electron chi connectivity index (χ3n) is 5.59. The van der Waals surface area contributed by atoms with E-state index in [2.05, 4.69) is 48.7 Å². The number of rotatable bonds is 6. The summed E-state index contributed by atoms with van der Waals surface area (Å²) in [5.74, 6) is 0.468. The molecule has 2 N–H and O–H groups in total. The summed E-state index contributed by atoms with van der Waals surface area (Å²) in [6, 6.07) is 17.7. The second kappa shape index (κ2) is 10.3. The zero-order valence-corrected chi connectivity index (χ0v) is 18.2. The first-order valence-electron chi connectivity index (χ1n) is 10.9. The Balaban J connectivity index is 1.53. The van der Waals surface area contributed by atoms with Crippen molar-refractivity contribution in [3.05, 3.63) is 65.7 Å². The number of para-hydroxylation sites is 1. The van der Waals surface area contributed by atoms with Crippen LogP contribution in [0.4, 0.5) is 10.5 Å². The highest BCUT2D eigenvalue weighted by Gasteiger charge is 2.29. The van der Waals surface area contributed by atoms with Crippen molar-refractivity contribution in [3.8, 4) is 0 Å². The molecule has 30 heavy (non-hydrogen) atoms. The number of carbonyl (C=O) groups excluding carboxylic acids is 2. The summed E-state index contributed by atoms with van der Waals surface area (Å²) in [4.78, 5) is 27.2. The molecule has 2 atom stereocenters. The van der Waals surface area contributed by atoms with Crippen LogP contribution in [0, 0.1) is 11.8 Å². The Labute approximate surface area is 179 Å². The number of likely N-dealkylation sites (tertiary alicyclic amines) is 1. The Morgan fingerprint density at radius 2 is 1.73 bits per heavy atom. The maximum absolute atomic E-state index is 12.9. The van der Waals surface area contributed by atoms with Crippen LogP contribution in [0.25, 0.3) is 0 Å². The molecule has 0 spiro atoms. The van der Waals surface area contributed by atoms with Gasteiger partial charge in [-0.15, -0.1) is 0 Å². The van der Waals surface area contributed by atoms with Gasteiger partial charge in [0.2, 0.25) is 5.91 Å². The monoisotopic (exact) mass is 407 g/mol. The molecule has 1 aliphatic heterocycles. The number of nitrogens with zero attached hydrogens (tertiary/aromatic N) is 1. The Morgan fingerprint density at radius 1 is 1.03 bits per heavy atom. The molecule has 1 aliphatic rings. The van der Waals surface area contributed by atoms with Gasteiger partial charge in [0.1, 0.15) is 0 Å². The first-order valence-corrected chi connectivity index (χ1v) is 10.9. The fourth-order valence-corrected chi connectivity index (χ4v) is 3.93. The molecular formula is C25H33N3O2. The number of benzene rings is 2. The van der Waals surface area contributed by atoms with Crippen molar-refractivity contribution in [1.29, 1.82) is 0 Å². The second-order valence-corrected chi connectivity index (χ2v) is 8.65. The predicted molar refractivity (Wildman–Crippen MR) is 121 cm³/mol. The van der Waals surface area contributed by atoms with E-state index in [0.717, 1.165) is 30.5 Å². The van der Waals surface area contributed by atoms with Crippen molar-refractivity contribution in [1.82, 2.24) is 10.2 Å². The average Bonchev–Trinajstić information content (AvgIpc) is 2.74. The number of urea groups is 1. The van der Waals surface area contributed by atoms with Crippen molar-refractivity contribution < 1.29 is 9.59 Å².